The van der Waals surface area contributed by atoms with Crippen LogP contribution in [0.5, 0.6) is 5.75 Å². The number of alkyl halides is 3. The van der Waals surface area contributed by atoms with Crippen molar-refractivity contribution in [2.45, 2.75) is 30.2 Å². The highest BCUT2D eigenvalue weighted by Gasteiger charge is 2.35. The zero-order valence-corrected chi connectivity index (χ0v) is 21.1. The van der Waals surface area contributed by atoms with Gasteiger partial charge in [-0.1, -0.05) is 0 Å². The Morgan fingerprint density at radius 3 is 2.56 bits per heavy atom. The van der Waals surface area contributed by atoms with Crippen molar-refractivity contribution in [3.05, 3.63) is 53.9 Å². The van der Waals surface area contributed by atoms with Gasteiger partial charge in [0.25, 0.3) is 10.0 Å². The number of esters is 1. The van der Waals surface area contributed by atoms with Gasteiger partial charge in [0.2, 0.25) is 0 Å². The van der Waals surface area contributed by atoms with Crippen molar-refractivity contribution in [1.82, 2.24) is 13.8 Å². The van der Waals surface area contributed by atoms with Crippen LogP contribution >= 0.6 is 11.3 Å². The highest BCUT2D eigenvalue weighted by Crippen LogP contribution is 2.37. The second-order valence-corrected chi connectivity index (χ2v) is 10.9. The van der Waals surface area contributed by atoms with Crippen LogP contribution in [0.4, 0.5) is 13.2 Å². The number of hydrogen-bond donors (Lipinski definition) is 0. The van der Waals surface area contributed by atoms with E-state index < -0.39 is 27.9 Å². The molecule has 0 amide bonds. The highest BCUT2D eigenvalue weighted by atomic mass is 32.2. The number of methoxy groups -OCH3 is 1. The van der Waals surface area contributed by atoms with E-state index in [1.807, 2.05) is 0 Å². The summed E-state index contributed by atoms with van der Waals surface area (Å²) in [6.45, 7) is 1.94. The second kappa shape index (κ2) is 9.62. The quantitative estimate of drug-likeness (QED) is 0.296. The minimum atomic E-state index is -4.62. The molecule has 4 rings (SSSR count). The monoisotopic (exact) mass is 541 g/mol. The van der Waals surface area contributed by atoms with Gasteiger partial charge in [-0.3, -0.25) is 9.48 Å². The number of aryl methyl sites for hydroxylation is 2. The van der Waals surface area contributed by atoms with Crippen LogP contribution in [0.3, 0.4) is 0 Å². The van der Waals surface area contributed by atoms with Crippen LogP contribution in [0.2, 0.25) is 0 Å². The van der Waals surface area contributed by atoms with E-state index in [1.54, 1.807) is 25.1 Å². The van der Waals surface area contributed by atoms with Gasteiger partial charge >= 0.3 is 12.1 Å². The molecule has 0 saturated carbocycles. The molecule has 0 aliphatic carbocycles. The number of rotatable bonds is 8. The van der Waals surface area contributed by atoms with Crippen molar-refractivity contribution >= 4 is 38.2 Å². The summed E-state index contributed by atoms with van der Waals surface area (Å²) in [5.41, 5.74) is 0.0728. The van der Waals surface area contributed by atoms with Gasteiger partial charge in [0.15, 0.2) is 5.69 Å². The van der Waals surface area contributed by atoms with Crippen LogP contribution in [0.1, 0.15) is 24.6 Å². The average molecular weight is 542 g/mol. The molecular formula is C23H22F3N3O5S2. The van der Waals surface area contributed by atoms with E-state index >= 15 is 0 Å². The van der Waals surface area contributed by atoms with E-state index in [-0.39, 0.29) is 29.4 Å². The topological polar surface area (TPSA) is 92.4 Å². The molecule has 0 unspecified atom stereocenters. The van der Waals surface area contributed by atoms with Crippen molar-refractivity contribution in [3.63, 3.8) is 0 Å². The summed E-state index contributed by atoms with van der Waals surface area (Å²) >= 11 is 0.840. The Kier molecular flexibility index (Phi) is 6.88. The summed E-state index contributed by atoms with van der Waals surface area (Å²) in [7, 11) is -1.26. The number of fused-ring (bicyclic) bond motifs is 1. The summed E-state index contributed by atoms with van der Waals surface area (Å²) in [5.74, 6) is 0.117. The Morgan fingerprint density at radius 1 is 1.17 bits per heavy atom. The third-order valence-corrected chi connectivity index (χ3v) is 8.73. The fourth-order valence-electron chi connectivity index (χ4n) is 3.77. The number of benzene rings is 1. The molecule has 3 aromatic heterocycles. The third kappa shape index (κ3) is 4.85. The van der Waals surface area contributed by atoms with E-state index in [2.05, 4.69) is 5.10 Å². The van der Waals surface area contributed by atoms with Crippen molar-refractivity contribution in [1.29, 1.82) is 0 Å². The summed E-state index contributed by atoms with van der Waals surface area (Å²) in [4.78, 5) is 12.2. The van der Waals surface area contributed by atoms with E-state index in [0.717, 1.165) is 26.1 Å². The highest BCUT2D eigenvalue weighted by molar-refractivity contribution is 7.92. The first-order valence-corrected chi connectivity index (χ1v) is 13.0. The molecule has 1 aromatic carbocycles. The number of carbonyl (C=O) groups is 1. The SMILES string of the molecule is CCOC(=O)CCc1cn(S(=O)(=O)c2ccc(-c3cc(C(F)(F)F)nn3C)s2)c2ccc(OC)cc12. The van der Waals surface area contributed by atoms with Crippen LogP contribution in [-0.2, 0) is 39.2 Å². The standard InChI is InChI=1S/C23H22F3N3O5S2/c1-4-34-21(30)9-5-14-13-29(17-7-6-15(33-3)11-16(14)17)36(31,32)22-10-8-19(35-22)18-12-20(23(24,25)26)27-28(18)2/h6-8,10-13H,4-5,9H2,1-3H3. The molecule has 8 nitrogen and oxygen atoms in total. The van der Waals surface area contributed by atoms with Gasteiger partial charge in [-0.25, -0.2) is 3.97 Å². The minimum absolute atomic E-state index is 0.0584. The van der Waals surface area contributed by atoms with E-state index in [1.165, 1.54) is 32.5 Å². The minimum Gasteiger partial charge on any atom is -0.497 e. The first-order valence-electron chi connectivity index (χ1n) is 10.8. The van der Waals surface area contributed by atoms with E-state index in [4.69, 9.17) is 9.47 Å². The van der Waals surface area contributed by atoms with Gasteiger partial charge in [0.05, 0.1) is 29.8 Å². The number of aromatic nitrogens is 3. The molecule has 0 atom stereocenters. The van der Waals surface area contributed by atoms with Gasteiger partial charge in [-0.2, -0.15) is 26.7 Å². The van der Waals surface area contributed by atoms with Crippen LogP contribution in [0.25, 0.3) is 21.5 Å². The lowest BCUT2D eigenvalue weighted by Crippen LogP contribution is -2.10. The maximum atomic E-state index is 13.6. The molecular weight excluding hydrogens is 519 g/mol. The molecule has 0 aliphatic heterocycles. The number of hydrogen-bond acceptors (Lipinski definition) is 7. The third-order valence-electron chi connectivity index (χ3n) is 5.48. The van der Waals surface area contributed by atoms with E-state index in [0.29, 0.717) is 27.1 Å². The predicted octanol–water partition coefficient (Wildman–Crippen LogP) is 4.86. The Labute approximate surface area is 208 Å². The molecule has 0 saturated heterocycles. The Hall–Kier alpha value is -3.32. The van der Waals surface area contributed by atoms with E-state index in [9.17, 15) is 26.4 Å². The van der Waals surface area contributed by atoms with Crippen molar-refractivity contribution in [2.24, 2.45) is 7.05 Å². The van der Waals surface area contributed by atoms with Gasteiger partial charge in [0.1, 0.15) is 9.96 Å². The number of thiophene rings is 1. The summed E-state index contributed by atoms with van der Waals surface area (Å²) in [6, 6.07) is 8.60. The largest absolute Gasteiger partial charge is 0.497 e. The number of halogens is 3. The van der Waals surface area contributed by atoms with Crippen LogP contribution in [-0.4, -0.2) is 41.9 Å². The molecule has 0 N–H and O–H groups in total. The smallest absolute Gasteiger partial charge is 0.435 e. The zero-order chi connectivity index (χ0) is 26.3. The first-order chi connectivity index (χ1) is 17.0. The molecule has 36 heavy (non-hydrogen) atoms. The average Bonchev–Trinajstić information content (AvgIpc) is 3.54. The molecule has 0 aliphatic rings. The lowest BCUT2D eigenvalue weighted by atomic mass is 10.1. The fourth-order valence-corrected chi connectivity index (χ4v) is 6.60. The zero-order valence-electron chi connectivity index (χ0n) is 19.5. The van der Waals surface area contributed by atoms with Gasteiger partial charge < -0.3 is 9.47 Å². The van der Waals surface area contributed by atoms with Crippen LogP contribution in [0, 0.1) is 0 Å². The fraction of sp³-hybridized carbons (Fsp3) is 0.304. The number of ether oxygens (including phenoxy) is 2. The maximum Gasteiger partial charge on any atom is 0.435 e. The Balaban J connectivity index is 1.75. The molecule has 0 bridgehead atoms. The summed E-state index contributed by atoms with van der Waals surface area (Å²) < 4.78 is 78.8. The molecule has 0 radical (unpaired) electrons. The molecule has 13 heteroatoms. The lowest BCUT2D eigenvalue weighted by molar-refractivity contribution is -0.143. The van der Waals surface area contributed by atoms with Gasteiger partial charge in [-0.05, 0) is 55.3 Å². The van der Waals surface area contributed by atoms with Crippen molar-refractivity contribution < 1.29 is 35.9 Å². The number of nitrogens with zero attached hydrogens (tertiary/aromatic N) is 3. The van der Waals surface area contributed by atoms with Gasteiger partial charge in [0, 0.05) is 25.1 Å². The summed E-state index contributed by atoms with van der Waals surface area (Å²) in [5, 5.41) is 4.09. The maximum absolute atomic E-state index is 13.6. The molecule has 4 aromatic rings. The lowest BCUT2D eigenvalue weighted by Gasteiger charge is -2.06. The van der Waals surface area contributed by atoms with Crippen molar-refractivity contribution in [2.75, 3.05) is 13.7 Å². The normalized spacial score (nSPS) is 12.3. The summed E-state index contributed by atoms with van der Waals surface area (Å²) in [6.07, 6.45) is -2.86. The van der Waals surface area contributed by atoms with Crippen LogP contribution in [0.15, 0.2) is 46.8 Å². The first kappa shape index (κ1) is 25.8. The van der Waals surface area contributed by atoms with Crippen LogP contribution < -0.4 is 4.74 Å². The van der Waals surface area contributed by atoms with Crippen molar-refractivity contribution in [3.8, 4) is 16.3 Å². The predicted molar refractivity (Wildman–Crippen MR) is 128 cm³/mol. The Bertz CT molecular complexity index is 1530. The molecule has 0 fully saturated rings. The molecule has 192 valence electrons. The number of carbonyl (C=O) groups excluding carboxylic acids is 1. The second-order valence-electron chi connectivity index (χ2n) is 7.80. The van der Waals surface area contributed by atoms with Gasteiger partial charge in [-0.15, -0.1) is 11.3 Å². The molecule has 0 spiro atoms. The molecule has 3 heterocycles. The Morgan fingerprint density at radius 2 is 1.92 bits per heavy atom.